The third-order valence-electron chi connectivity index (χ3n) is 2.31. The fraction of sp³-hybridized carbons (Fsp3) is 0. The van der Waals surface area contributed by atoms with Crippen LogP contribution in [0, 0.1) is 0 Å². The molecule has 2 amide bonds. The molecule has 100 valence electrons. The summed E-state index contributed by atoms with van der Waals surface area (Å²) in [5.41, 5.74) is 5.90. The van der Waals surface area contributed by atoms with Crippen LogP contribution in [0.2, 0.25) is 0 Å². The molecule has 0 aliphatic carbocycles. The predicted molar refractivity (Wildman–Crippen MR) is 64.3 cm³/mol. The third kappa shape index (κ3) is 2.31. The highest BCUT2D eigenvalue weighted by molar-refractivity contribution is 7.89. The number of aromatic nitrogens is 2. The number of hydrogen-bond donors (Lipinski definition) is 3. The number of nitrogens with zero attached hydrogens (tertiary/aromatic N) is 3. The molecular formula is C9H11N6O3S+. The molecule has 0 fully saturated rings. The molecule has 0 saturated heterocycles. The maximum Gasteiger partial charge on any atom is 0.377 e. The van der Waals surface area contributed by atoms with Crippen molar-refractivity contribution in [3.8, 4) is 0 Å². The number of primary amides is 1. The summed E-state index contributed by atoms with van der Waals surface area (Å²) in [6, 6.07) is 5.58. The van der Waals surface area contributed by atoms with Crippen molar-refractivity contribution in [3.05, 3.63) is 30.5 Å². The average molecular weight is 283 g/mol. The number of para-hydroxylation sites is 1. The van der Waals surface area contributed by atoms with Gasteiger partial charge < -0.3 is 5.73 Å². The van der Waals surface area contributed by atoms with Gasteiger partial charge in [0.2, 0.25) is 0 Å². The van der Waals surface area contributed by atoms with Crippen LogP contribution in [0.3, 0.4) is 0 Å². The van der Waals surface area contributed by atoms with Crippen molar-refractivity contribution in [2.45, 2.75) is 5.16 Å². The Balaban J connectivity index is 2.57. The molecule has 2 aromatic rings. The number of amides is 2. The molecule has 9 nitrogen and oxygen atoms in total. The van der Waals surface area contributed by atoms with Gasteiger partial charge in [0.15, 0.2) is 0 Å². The molecule has 0 atom stereocenters. The van der Waals surface area contributed by atoms with E-state index in [9.17, 15) is 13.2 Å². The molecule has 0 unspecified atom stereocenters. The Morgan fingerprint density at radius 3 is 2.63 bits per heavy atom. The largest absolute Gasteiger partial charge is 0.377 e. The smallest absolute Gasteiger partial charge is 0.347 e. The lowest BCUT2D eigenvalue weighted by molar-refractivity contribution is -0.770. The van der Waals surface area contributed by atoms with E-state index in [0.29, 0.717) is 16.4 Å². The van der Waals surface area contributed by atoms with Crippen molar-refractivity contribution in [3.63, 3.8) is 0 Å². The second kappa shape index (κ2) is 4.76. The first-order valence-electron chi connectivity index (χ1n) is 5.07. The molecule has 0 bridgehead atoms. The van der Waals surface area contributed by atoms with Crippen LogP contribution in [0.4, 0.5) is 4.79 Å². The average Bonchev–Trinajstić information content (AvgIpc) is 2.38. The van der Waals surface area contributed by atoms with Gasteiger partial charge >= 0.3 is 16.1 Å². The Morgan fingerprint density at radius 1 is 1.32 bits per heavy atom. The van der Waals surface area contributed by atoms with E-state index in [1.165, 1.54) is 6.20 Å². The Hall–Kier alpha value is -2.30. The number of urea groups is 1. The fourth-order valence-corrected chi connectivity index (χ4v) is 2.41. The van der Waals surface area contributed by atoms with E-state index in [-0.39, 0.29) is 4.41 Å². The number of benzene rings is 1. The molecule has 6 N–H and O–H groups in total. The van der Waals surface area contributed by atoms with E-state index in [0.717, 1.165) is 0 Å². The maximum atomic E-state index is 12.0. The van der Waals surface area contributed by atoms with Gasteiger partial charge in [-0.05, 0) is 10.5 Å². The minimum atomic E-state index is -4.29. The van der Waals surface area contributed by atoms with Crippen molar-refractivity contribution in [1.82, 2.24) is 14.4 Å². The molecule has 10 heteroatoms. The van der Waals surface area contributed by atoms with Gasteiger partial charge in [-0.3, -0.25) is 0 Å². The number of carbonyl (C=O) groups excluding carboxylic acids is 1. The lowest BCUT2D eigenvalue weighted by Crippen LogP contribution is -3.01. The second-order valence-corrected chi connectivity index (χ2v) is 5.21. The number of rotatable bonds is 3. The molecule has 0 aliphatic heterocycles. The van der Waals surface area contributed by atoms with E-state index in [1.807, 2.05) is 0 Å². The van der Waals surface area contributed by atoms with Gasteiger partial charge in [-0.25, -0.2) is 14.8 Å². The Morgan fingerprint density at radius 2 is 2.00 bits per heavy atom. The van der Waals surface area contributed by atoms with Crippen LogP contribution >= 0.6 is 0 Å². The first-order valence-corrected chi connectivity index (χ1v) is 6.51. The molecule has 0 aliphatic rings. The summed E-state index contributed by atoms with van der Waals surface area (Å²) in [5, 5.41) is 0.121. The number of hydrogen-bond acceptors (Lipinski definition) is 6. The Labute approximate surface area is 108 Å². The summed E-state index contributed by atoms with van der Waals surface area (Å²) >= 11 is 0. The predicted octanol–water partition coefficient (Wildman–Crippen LogP) is -1.95. The highest BCUT2D eigenvalue weighted by Gasteiger charge is 2.33. The quantitative estimate of drug-likeness (QED) is 0.258. The van der Waals surface area contributed by atoms with E-state index < -0.39 is 21.2 Å². The van der Waals surface area contributed by atoms with E-state index in [1.54, 1.807) is 24.3 Å². The Kier molecular flexibility index (Phi) is 3.29. The maximum absolute atomic E-state index is 12.0. The molecule has 0 spiro atoms. The third-order valence-corrected chi connectivity index (χ3v) is 3.79. The van der Waals surface area contributed by atoms with Crippen LogP contribution in [-0.2, 0) is 10.0 Å². The summed E-state index contributed by atoms with van der Waals surface area (Å²) in [4.78, 5) is 18.6. The van der Waals surface area contributed by atoms with Crippen molar-refractivity contribution in [1.29, 1.82) is 0 Å². The standard InChI is InChI=1S/C9H10N6O3S/c10-8(16)15(14-11)19(17,18)9-12-5-6-3-1-2-4-7(6)13-9/h1-5,14H,11H2,(H2,10,16)/p+1. The number of quaternary nitrogens is 1. The topological polar surface area (TPSA) is 149 Å². The highest BCUT2D eigenvalue weighted by atomic mass is 32.2. The summed E-state index contributed by atoms with van der Waals surface area (Å²) < 4.78 is 24.3. The molecule has 1 aromatic heterocycles. The molecule has 19 heavy (non-hydrogen) atoms. The molecule has 0 saturated carbocycles. The fourth-order valence-electron chi connectivity index (χ4n) is 1.44. The molecule has 0 radical (unpaired) electrons. The second-order valence-electron chi connectivity index (χ2n) is 3.50. The van der Waals surface area contributed by atoms with Crippen LogP contribution in [-0.4, -0.2) is 28.8 Å². The van der Waals surface area contributed by atoms with Gasteiger partial charge in [0.25, 0.3) is 5.16 Å². The zero-order chi connectivity index (χ0) is 14.0. The molecule has 1 aromatic carbocycles. The number of sulfonamides is 1. The van der Waals surface area contributed by atoms with E-state index in [4.69, 9.17) is 11.6 Å². The summed E-state index contributed by atoms with van der Waals surface area (Å²) in [6.45, 7) is 0. The summed E-state index contributed by atoms with van der Waals surface area (Å²) in [6.07, 6.45) is 1.34. The first kappa shape index (κ1) is 13.1. The van der Waals surface area contributed by atoms with Crippen molar-refractivity contribution in [2.75, 3.05) is 0 Å². The van der Waals surface area contributed by atoms with Gasteiger partial charge in [0.1, 0.15) is 0 Å². The zero-order valence-corrected chi connectivity index (χ0v) is 10.4. The number of nitrogens with two attached hydrogens (primary N) is 3. The first-order chi connectivity index (χ1) is 8.96. The van der Waals surface area contributed by atoms with Gasteiger partial charge in [0.05, 0.1) is 5.52 Å². The number of fused-ring (bicyclic) bond motifs is 1. The Bertz CT molecular complexity index is 732. The lowest BCUT2D eigenvalue weighted by Gasteiger charge is -2.12. The molecular weight excluding hydrogens is 272 g/mol. The van der Waals surface area contributed by atoms with E-state index in [2.05, 4.69) is 9.97 Å². The normalized spacial score (nSPS) is 11.4. The van der Waals surface area contributed by atoms with Gasteiger partial charge in [-0.2, -0.15) is 19.8 Å². The van der Waals surface area contributed by atoms with Crippen LogP contribution in [0.1, 0.15) is 0 Å². The molecule has 2 rings (SSSR count). The van der Waals surface area contributed by atoms with Crippen LogP contribution in [0.15, 0.2) is 35.6 Å². The number of carbonyl (C=O) groups is 1. The highest BCUT2D eigenvalue weighted by Crippen LogP contribution is 2.13. The van der Waals surface area contributed by atoms with Crippen molar-refractivity contribution < 1.29 is 18.7 Å². The molecule has 1 heterocycles. The summed E-state index contributed by atoms with van der Waals surface area (Å²) in [7, 11) is -4.29. The zero-order valence-electron chi connectivity index (χ0n) is 9.59. The van der Waals surface area contributed by atoms with Crippen LogP contribution in [0.5, 0.6) is 0 Å². The lowest BCUT2D eigenvalue weighted by atomic mass is 10.2. The minimum Gasteiger partial charge on any atom is -0.347 e. The van der Waals surface area contributed by atoms with Gasteiger partial charge in [-0.15, -0.1) is 0 Å². The monoisotopic (exact) mass is 283 g/mol. The van der Waals surface area contributed by atoms with Gasteiger partial charge in [-0.1, -0.05) is 18.2 Å². The summed E-state index contributed by atoms with van der Waals surface area (Å²) in [5.74, 6) is 5.08. The van der Waals surface area contributed by atoms with Gasteiger partial charge in [0, 0.05) is 11.6 Å². The van der Waals surface area contributed by atoms with Crippen LogP contribution in [0.25, 0.3) is 10.9 Å². The van der Waals surface area contributed by atoms with Crippen molar-refractivity contribution in [2.24, 2.45) is 11.6 Å². The van der Waals surface area contributed by atoms with Crippen molar-refractivity contribution >= 4 is 27.0 Å². The van der Waals surface area contributed by atoms with E-state index >= 15 is 0 Å². The SMILES string of the molecule is N[NH2+]N(C(N)=O)S(=O)(=O)c1ncc2ccccc2n1. The minimum absolute atomic E-state index is 0.178. The van der Waals surface area contributed by atoms with Crippen LogP contribution < -0.4 is 17.1 Å².